The van der Waals surface area contributed by atoms with Crippen molar-refractivity contribution in [1.82, 2.24) is 4.98 Å². The Morgan fingerprint density at radius 2 is 2.13 bits per heavy atom. The zero-order valence-corrected chi connectivity index (χ0v) is 10.6. The van der Waals surface area contributed by atoms with Gasteiger partial charge in [-0.05, 0) is 25.2 Å². The molecule has 2 rings (SSSR count). The van der Waals surface area contributed by atoms with Crippen LogP contribution in [0.25, 0.3) is 0 Å². The number of hydrogen-bond donors (Lipinski definition) is 1. The number of aromatic nitrogens is 1. The number of nitrogens with zero attached hydrogens (tertiary/aromatic N) is 1. The average molecular weight is 224 g/mol. The van der Waals surface area contributed by atoms with E-state index >= 15 is 0 Å². The van der Waals surface area contributed by atoms with Gasteiger partial charge >= 0.3 is 0 Å². The molecule has 1 fully saturated rings. The van der Waals surface area contributed by atoms with Gasteiger partial charge in [-0.15, -0.1) is 11.3 Å². The molecule has 2 atom stereocenters. The summed E-state index contributed by atoms with van der Waals surface area (Å²) in [6.45, 7) is 6.58. The standard InChI is InChI=1S/C12H20N2S/c1-4-12(13,5-2)10-7-15-11(14-10)9-6-8(9)3/h7-9H,4-6,13H2,1-3H3. The lowest BCUT2D eigenvalue weighted by molar-refractivity contribution is 0.402. The van der Waals surface area contributed by atoms with Crippen molar-refractivity contribution in [1.29, 1.82) is 0 Å². The number of nitrogens with two attached hydrogens (primary N) is 1. The van der Waals surface area contributed by atoms with Crippen LogP contribution in [0.15, 0.2) is 5.38 Å². The maximum absolute atomic E-state index is 6.33. The summed E-state index contributed by atoms with van der Waals surface area (Å²) < 4.78 is 0. The van der Waals surface area contributed by atoms with Crippen molar-refractivity contribution in [2.24, 2.45) is 11.7 Å². The molecule has 0 spiro atoms. The summed E-state index contributed by atoms with van der Waals surface area (Å²) >= 11 is 1.79. The Balaban J connectivity index is 2.19. The van der Waals surface area contributed by atoms with Gasteiger partial charge in [0, 0.05) is 11.3 Å². The van der Waals surface area contributed by atoms with E-state index in [2.05, 4.69) is 26.2 Å². The molecule has 1 aromatic heterocycles. The fourth-order valence-corrected chi connectivity index (χ4v) is 3.14. The molecule has 84 valence electrons. The highest BCUT2D eigenvalue weighted by Gasteiger charge is 2.37. The molecule has 1 saturated carbocycles. The highest BCUT2D eigenvalue weighted by molar-refractivity contribution is 7.09. The molecule has 1 aliphatic carbocycles. The number of thiazole rings is 1. The van der Waals surface area contributed by atoms with Gasteiger partial charge in [-0.1, -0.05) is 20.8 Å². The highest BCUT2D eigenvalue weighted by Crippen LogP contribution is 2.48. The summed E-state index contributed by atoms with van der Waals surface area (Å²) in [5.41, 5.74) is 7.23. The predicted molar refractivity (Wildman–Crippen MR) is 65.1 cm³/mol. The first-order valence-electron chi connectivity index (χ1n) is 5.85. The van der Waals surface area contributed by atoms with Crippen molar-refractivity contribution in [3.05, 3.63) is 16.1 Å². The van der Waals surface area contributed by atoms with E-state index < -0.39 is 0 Å². The zero-order valence-electron chi connectivity index (χ0n) is 9.79. The molecule has 0 saturated heterocycles. The Morgan fingerprint density at radius 3 is 2.60 bits per heavy atom. The Kier molecular flexibility index (Phi) is 2.86. The van der Waals surface area contributed by atoms with Crippen molar-refractivity contribution in [3.63, 3.8) is 0 Å². The molecule has 2 nitrogen and oxygen atoms in total. The molecule has 0 bridgehead atoms. The Hall–Kier alpha value is -0.410. The van der Waals surface area contributed by atoms with Gasteiger partial charge in [0.05, 0.1) is 16.2 Å². The van der Waals surface area contributed by atoms with Gasteiger partial charge in [0.15, 0.2) is 0 Å². The Bertz CT molecular complexity index is 341. The van der Waals surface area contributed by atoms with Gasteiger partial charge in [-0.25, -0.2) is 4.98 Å². The van der Waals surface area contributed by atoms with Crippen molar-refractivity contribution < 1.29 is 0 Å². The molecule has 2 unspecified atom stereocenters. The largest absolute Gasteiger partial charge is 0.320 e. The summed E-state index contributed by atoms with van der Waals surface area (Å²) in [5.74, 6) is 1.56. The molecule has 3 heteroatoms. The second-order valence-electron chi connectivity index (χ2n) is 4.75. The van der Waals surface area contributed by atoms with Gasteiger partial charge in [0.25, 0.3) is 0 Å². The van der Waals surface area contributed by atoms with Crippen LogP contribution in [-0.4, -0.2) is 4.98 Å². The number of hydrogen-bond acceptors (Lipinski definition) is 3. The van der Waals surface area contributed by atoms with Crippen LogP contribution in [0, 0.1) is 5.92 Å². The topological polar surface area (TPSA) is 38.9 Å². The Labute approximate surface area is 95.9 Å². The van der Waals surface area contributed by atoms with Crippen molar-refractivity contribution in [2.45, 2.75) is 51.5 Å². The van der Waals surface area contributed by atoms with E-state index in [0.29, 0.717) is 0 Å². The van der Waals surface area contributed by atoms with Crippen LogP contribution in [-0.2, 0) is 5.54 Å². The monoisotopic (exact) mass is 224 g/mol. The van der Waals surface area contributed by atoms with Gasteiger partial charge < -0.3 is 5.73 Å². The summed E-state index contributed by atoms with van der Waals surface area (Å²) in [5, 5.41) is 3.46. The normalized spacial score (nSPS) is 25.6. The first-order valence-corrected chi connectivity index (χ1v) is 6.73. The quantitative estimate of drug-likeness (QED) is 0.852. The van der Waals surface area contributed by atoms with Crippen LogP contribution >= 0.6 is 11.3 Å². The lowest BCUT2D eigenvalue weighted by Gasteiger charge is -2.24. The maximum atomic E-state index is 6.33. The summed E-state index contributed by atoms with van der Waals surface area (Å²) in [6, 6.07) is 0. The molecule has 15 heavy (non-hydrogen) atoms. The Morgan fingerprint density at radius 1 is 1.53 bits per heavy atom. The fourth-order valence-electron chi connectivity index (χ4n) is 1.97. The average Bonchev–Trinajstić information content (AvgIpc) is 2.81. The smallest absolute Gasteiger partial charge is 0.0962 e. The second kappa shape index (κ2) is 3.87. The zero-order chi connectivity index (χ0) is 11.1. The predicted octanol–water partition coefficient (Wildman–Crippen LogP) is 3.24. The summed E-state index contributed by atoms with van der Waals surface area (Å²) in [4.78, 5) is 4.73. The molecular formula is C12H20N2S. The summed E-state index contributed by atoms with van der Waals surface area (Å²) in [7, 11) is 0. The van der Waals surface area contributed by atoms with Gasteiger partial charge in [0.1, 0.15) is 0 Å². The van der Waals surface area contributed by atoms with E-state index in [4.69, 9.17) is 10.7 Å². The van der Waals surface area contributed by atoms with Gasteiger partial charge in [0.2, 0.25) is 0 Å². The molecule has 2 N–H and O–H groups in total. The minimum Gasteiger partial charge on any atom is -0.320 e. The molecule has 0 amide bonds. The van der Waals surface area contributed by atoms with Crippen LogP contribution in [0.4, 0.5) is 0 Å². The van der Waals surface area contributed by atoms with E-state index in [-0.39, 0.29) is 5.54 Å². The van der Waals surface area contributed by atoms with Gasteiger partial charge in [-0.2, -0.15) is 0 Å². The van der Waals surface area contributed by atoms with E-state index in [1.807, 2.05) is 0 Å². The molecular weight excluding hydrogens is 204 g/mol. The van der Waals surface area contributed by atoms with E-state index in [9.17, 15) is 0 Å². The SMILES string of the molecule is CCC(N)(CC)c1csc(C2CC2C)n1. The van der Waals surface area contributed by atoms with E-state index in [1.54, 1.807) is 11.3 Å². The number of rotatable bonds is 4. The van der Waals surface area contributed by atoms with Crippen molar-refractivity contribution in [2.75, 3.05) is 0 Å². The summed E-state index contributed by atoms with van der Waals surface area (Å²) in [6.07, 6.45) is 3.24. The molecule has 1 heterocycles. The van der Waals surface area contributed by atoms with E-state index in [1.165, 1.54) is 11.4 Å². The molecule has 0 radical (unpaired) electrons. The van der Waals surface area contributed by atoms with Crippen molar-refractivity contribution in [3.8, 4) is 0 Å². The van der Waals surface area contributed by atoms with Crippen LogP contribution in [0.3, 0.4) is 0 Å². The first-order chi connectivity index (χ1) is 7.10. The molecule has 1 aliphatic rings. The minimum atomic E-state index is -0.202. The lowest BCUT2D eigenvalue weighted by atomic mass is 9.91. The highest BCUT2D eigenvalue weighted by atomic mass is 32.1. The third-order valence-electron chi connectivity index (χ3n) is 3.72. The second-order valence-corrected chi connectivity index (χ2v) is 5.64. The lowest BCUT2D eigenvalue weighted by Crippen LogP contribution is -2.35. The fraction of sp³-hybridized carbons (Fsp3) is 0.750. The molecule has 0 aromatic carbocycles. The van der Waals surface area contributed by atoms with E-state index in [0.717, 1.165) is 30.4 Å². The van der Waals surface area contributed by atoms with Gasteiger partial charge in [-0.3, -0.25) is 0 Å². The molecule has 0 aliphatic heterocycles. The third-order valence-corrected chi connectivity index (χ3v) is 4.70. The van der Waals surface area contributed by atoms with Crippen LogP contribution in [0.5, 0.6) is 0 Å². The van der Waals surface area contributed by atoms with Crippen LogP contribution in [0.2, 0.25) is 0 Å². The first kappa shape index (κ1) is 11.1. The minimum absolute atomic E-state index is 0.202. The van der Waals surface area contributed by atoms with Crippen LogP contribution in [0.1, 0.15) is 56.7 Å². The van der Waals surface area contributed by atoms with Crippen LogP contribution < -0.4 is 5.73 Å². The van der Waals surface area contributed by atoms with Crippen molar-refractivity contribution >= 4 is 11.3 Å². The third kappa shape index (κ3) is 1.95. The molecule has 1 aromatic rings. The maximum Gasteiger partial charge on any atom is 0.0962 e.